The molecule has 0 aliphatic rings. The monoisotopic (exact) mass is 220 g/mol. The van der Waals surface area contributed by atoms with E-state index in [0.29, 0.717) is 19.5 Å². The average Bonchev–Trinajstić information content (AvgIpc) is 2.16. The molecule has 3 nitrogen and oxygen atoms in total. The zero-order valence-electron chi connectivity index (χ0n) is 10.0. The smallest absolute Gasteiger partial charge is 0.224 e. The second-order valence-electron chi connectivity index (χ2n) is 4.16. The predicted octanol–water partition coefficient (Wildman–Crippen LogP) is 1.31. The Hall–Kier alpha value is -1.35. The van der Waals surface area contributed by atoms with Gasteiger partial charge in [0.25, 0.3) is 0 Å². The van der Waals surface area contributed by atoms with E-state index < -0.39 is 0 Å². The van der Waals surface area contributed by atoms with Gasteiger partial charge >= 0.3 is 0 Å². The first kappa shape index (κ1) is 12.7. The maximum Gasteiger partial charge on any atom is 0.224 e. The van der Waals surface area contributed by atoms with Gasteiger partial charge in [-0.15, -0.1) is 0 Å². The highest BCUT2D eigenvalue weighted by Gasteiger charge is 2.03. The molecule has 3 N–H and O–H groups in total. The lowest BCUT2D eigenvalue weighted by Gasteiger charge is -2.06. The lowest BCUT2D eigenvalue weighted by atomic mass is 10.0. The van der Waals surface area contributed by atoms with Gasteiger partial charge in [0.1, 0.15) is 0 Å². The molecule has 1 aromatic rings. The topological polar surface area (TPSA) is 55.1 Å². The van der Waals surface area contributed by atoms with Crippen LogP contribution >= 0.6 is 0 Å². The van der Waals surface area contributed by atoms with Crippen molar-refractivity contribution in [2.75, 3.05) is 13.1 Å². The van der Waals surface area contributed by atoms with E-state index in [1.54, 1.807) is 0 Å². The van der Waals surface area contributed by atoms with Crippen molar-refractivity contribution in [3.8, 4) is 0 Å². The molecule has 0 spiro atoms. The molecule has 0 aromatic heterocycles. The van der Waals surface area contributed by atoms with Crippen molar-refractivity contribution in [2.24, 2.45) is 5.73 Å². The molecule has 0 fully saturated rings. The first-order chi connectivity index (χ1) is 7.61. The van der Waals surface area contributed by atoms with Crippen LogP contribution in [0, 0.1) is 13.8 Å². The number of nitrogens with two attached hydrogens (primary N) is 1. The van der Waals surface area contributed by atoms with Crippen molar-refractivity contribution in [3.05, 3.63) is 34.9 Å². The van der Waals surface area contributed by atoms with E-state index in [9.17, 15) is 4.79 Å². The van der Waals surface area contributed by atoms with Crippen molar-refractivity contribution in [1.82, 2.24) is 5.32 Å². The quantitative estimate of drug-likeness (QED) is 0.735. The molecule has 1 rings (SSSR count). The van der Waals surface area contributed by atoms with Gasteiger partial charge in [0.2, 0.25) is 5.91 Å². The molecule has 1 amide bonds. The van der Waals surface area contributed by atoms with Crippen molar-refractivity contribution < 1.29 is 4.79 Å². The lowest BCUT2D eigenvalue weighted by molar-refractivity contribution is -0.120. The van der Waals surface area contributed by atoms with Gasteiger partial charge in [-0.2, -0.15) is 0 Å². The van der Waals surface area contributed by atoms with Crippen molar-refractivity contribution in [3.63, 3.8) is 0 Å². The Balaban J connectivity index is 2.49. The van der Waals surface area contributed by atoms with E-state index in [-0.39, 0.29) is 5.91 Å². The third kappa shape index (κ3) is 4.45. The summed E-state index contributed by atoms with van der Waals surface area (Å²) in [6.07, 6.45) is 1.28. The summed E-state index contributed by atoms with van der Waals surface area (Å²) in [5.74, 6) is 0.0680. The summed E-state index contributed by atoms with van der Waals surface area (Å²) in [7, 11) is 0. The molecule has 0 heterocycles. The Morgan fingerprint density at radius 1 is 1.25 bits per heavy atom. The third-order valence-electron chi connectivity index (χ3n) is 2.35. The molecule has 88 valence electrons. The molecular formula is C13H20N2O. The van der Waals surface area contributed by atoms with Gasteiger partial charge in [-0.1, -0.05) is 29.3 Å². The highest BCUT2D eigenvalue weighted by Crippen LogP contribution is 2.09. The molecule has 0 unspecified atom stereocenters. The van der Waals surface area contributed by atoms with Crippen LogP contribution in [-0.4, -0.2) is 19.0 Å². The van der Waals surface area contributed by atoms with Crippen LogP contribution in [0.15, 0.2) is 18.2 Å². The number of aryl methyl sites for hydroxylation is 2. The average molecular weight is 220 g/mol. The Kier molecular flexibility index (Phi) is 4.99. The van der Waals surface area contributed by atoms with E-state index in [0.717, 1.165) is 12.0 Å². The van der Waals surface area contributed by atoms with Gasteiger partial charge in [-0.25, -0.2) is 0 Å². The summed E-state index contributed by atoms with van der Waals surface area (Å²) < 4.78 is 0. The summed E-state index contributed by atoms with van der Waals surface area (Å²) >= 11 is 0. The van der Waals surface area contributed by atoms with Gasteiger partial charge in [0, 0.05) is 6.54 Å². The third-order valence-corrected chi connectivity index (χ3v) is 2.35. The second-order valence-corrected chi connectivity index (χ2v) is 4.16. The van der Waals surface area contributed by atoms with Crippen LogP contribution in [0.25, 0.3) is 0 Å². The molecule has 1 aromatic carbocycles. The van der Waals surface area contributed by atoms with E-state index in [1.807, 2.05) is 13.8 Å². The second kappa shape index (κ2) is 6.28. The number of carbonyl (C=O) groups excluding carboxylic acids is 1. The van der Waals surface area contributed by atoms with E-state index in [2.05, 4.69) is 23.5 Å². The molecule has 0 saturated heterocycles. The number of benzene rings is 1. The van der Waals surface area contributed by atoms with E-state index in [4.69, 9.17) is 5.73 Å². The Bertz CT molecular complexity index is 341. The Labute approximate surface area is 97.0 Å². The number of carbonyl (C=O) groups is 1. The highest BCUT2D eigenvalue weighted by atomic mass is 16.1. The Morgan fingerprint density at radius 3 is 2.44 bits per heavy atom. The standard InChI is InChI=1S/C13H20N2O/c1-10-6-11(2)8-12(7-10)9-13(16)15-5-3-4-14/h6-8H,3-5,9,14H2,1-2H3,(H,15,16). The van der Waals surface area contributed by atoms with Crippen LogP contribution in [0.2, 0.25) is 0 Å². The fourth-order valence-electron chi connectivity index (χ4n) is 1.75. The van der Waals surface area contributed by atoms with Crippen LogP contribution in [0.1, 0.15) is 23.1 Å². The van der Waals surface area contributed by atoms with Crippen molar-refractivity contribution in [2.45, 2.75) is 26.7 Å². The van der Waals surface area contributed by atoms with E-state index >= 15 is 0 Å². The maximum atomic E-state index is 11.6. The minimum Gasteiger partial charge on any atom is -0.356 e. The molecule has 0 aliphatic heterocycles. The van der Waals surface area contributed by atoms with Crippen LogP contribution in [0.3, 0.4) is 0 Å². The fourth-order valence-corrected chi connectivity index (χ4v) is 1.75. The minimum absolute atomic E-state index is 0.0680. The Morgan fingerprint density at radius 2 is 1.88 bits per heavy atom. The number of hydrogen-bond donors (Lipinski definition) is 2. The minimum atomic E-state index is 0.0680. The van der Waals surface area contributed by atoms with Crippen LogP contribution in [-0.2, 0) is 11.2 Å². The zero-order chi connectivity index (χ0) is 12.0. The number of rotatable bonds is 5. The molecule has 0 atom stereocenters. The lowest BCUT2D eigenvalue weighted by Crippen LogP contribution is -2.27. The van der Waals surface area contributed by atoms with Crippen LogP contribution < -0.4 is 11.1 Å². The summed E-state index contributed by atoms with van der Waals surface area (Å²) in [6, 6.07) is 6.21. The van der Waals surface area contributed by atoms with Gasteiger partial charge < -0.3 is 11.1 Å². The number of amides is 1. The maximum absolute atomic E-state index is 11.6. The molecular weight excluding hydrogens is 200 g/mol. The van der Waals surface area contributed by atoms with Crippen molar-refractivity contribution >= 4 is 5.91 Å². The summed E-state index contributed by atoms with van der Waals surface area (Å²) in [5.41, 5.74) is 8.83. The molecule has 0 aliphatic carbocycles. The van der Waals surface area contributed by atoms with E-state index in [1.165, 1.54) is 11.1 Å². The SMILES string of the molecule is Cc1cc(C)cc(CC(=O)NCCCN)c1. The van der Waals surface area contributed by atoms with Gasteiger partial charge in [0.15, 0.2) is 0 Å². The van der Waals surface area contributed by atoms with Crippen molar-refractivity contribution in [1.29, 1.82) is 0 Å². The summed E-state index contributed by atoms with van der Waals surface area (Å²) in [4.78, 5) is 11.6. The molecule has 0 saturated carbocycles. The zero-order valence-corrected chi connectivity index (χ0v) is 10.0. The highest BCUT2D eigenvalue weighted by molar-refractivity contribution is 5.78. The van der Waals surface area contributed by atoms with Crippen LogP contribution in [0.4, 0.5) is 0 Å². The van der Waals surface area contributed by atoms with Gasteiger partial charge in [-0.05, 0) is 32.4 Å². The first-order valence-corrected chi connectivity index (χ1v) is 5.66. The predicted molar refractivity (Wildman–Crippen MR) is 66.3 cm³/mol. The summed E-state index contributed by atoms with van der Waals surface area (Å²) in [5, 5.41) is 2.85. The first-order valence-electron chi connectivity index (χ1n) is 5.66. The normalized spacial score (nSPS) is 10.2. The molecule has 0 bridgehead atoms. The largest absolute Gasteiger partial charge is 0.356 e. The van der Waals surface area contributed by atoms with Crippen LogP contribution in [0.5, 0.6) is 0 Å². The van der Waals surface area contributed by atoms with Gasteiger partial charge in [-0.3, -0.25) is 4.79 Å². The number of hydrogen-bond acceptors (Lipinski definition) is 2. The number of nitrogens with one attached hydrogen (secondary N) is 1. The molecule has 0 radical (unpaired) electrons. The van der Waals surface area contributed by atoms with Gasteiger partial charge in [0.05, 0.1) is 6.42 Å². The molecule has 16 heavy (non-hydrogen) atoms. The summed E-state index contributed by atoms with van der Waals surface area (Å²) in [6.45, 7) is 5.37. The fraction of sp³-hybridized carbons (Fsp3) is 0.462. The molecule has 3 heteroatoms.